The molecule has 6 aromatic rings. The molecule has 1 heterocycles. The number of nitrogens with one attached hydrogen (secondary N) is 2. The number of benzene rings is 5. The molecule has 300 valence electrons. The van der Waals surface area contributed by atoms with Crippen LogP contribution in [0.4, 0.5) is 28.6 Å². The van der Waals surface area contributed by atoms with Gasteiger partial charge in [0.25, 0.3) is 5.91 Å². The second kappa shape index (κ2) is 19.3. The van der Waals surface area contributed by atoms with E-state index in [2.05, 4.69) is 31.8 Å². The van der Waals surface area contributed by atoms with E-state index >= 15 is 0 Å². The average Bonchev–Trinajstić information content (AvgIpc) is 3.56. The molecule has 0 saturated heterocycles. The monoisotopic (exact) mass is 870 g/mol. The molecular formula is C43H37Cl2N8NaO5S. The first-order valence-electron chi connectivity index (χ1n) is 18.1. The van der Waals surface area contributed by atoms with Gasteiger partial charge in [-0.3, -0.25) is 9.59 Å². The van der Waals surface area contributed by atoms with Crippen molar-refractivity contribution >= 4 is 73.7 Å². The number of hydrogen-bond donors (Lipinski definition) is 2. The van der Waals surface area contributed by atoms with Gasteiger partial charge in [0, 0.05) is 42.4 Å². The van der Waals surface area contributed by atoms with E-state index < -0.39 is 26.3 Å². The standard InChI is InChI=1S/C43H38Cl2N8O5S.Na/c1-27(54)47-38-23-32(52(25-28-12-7-5-8-13-28)26-29-14-9-6-10-15-29)18-19-37(38)49-50-41-34(24-46)40(43(2,3)4)51-53(41)39-35(44)21-31(22-36(39)45)48-42(55)30-16-11-17-33(20-30)59(56,57)58;/h5-23H,25-26H2,1-4H3,(H,47,54)(H,48,55)(H,56,57,58);/q;+1/p-1. The normalized spacial score (nSPS) is 11.4. The van der Waals surface area contributed by atoms with Crippen molar-refractivity contribution in [1.29, 1.82) is 5.26 Å². The minimum Gasteiger partial charge on any atom is -0.744 e. The number of hydrogen-bond acceptors (Lipinski definition) is 10. The predicted octanol–water partition coefficient (Wildman–Crippen LogP) is 7.09. The van der Waals surface area contributed by atoms with Crippen LogP contribution in [0.3, 0.4) is 0 Å². The molecule has 0 bridgehead atoms. The van der Waals surface area contributed by atoms with E-state index in [0.717, 1.165) is 28.9 Å². The Hall–Kier alpha value is -5.37. The summed E-state index contributed by atoms with van der Waals surface area (Å²) in [5, 5.41) is 29.7. The van der Waals surface area contributed by atoms with Crippen molar-refractivity contribution in [2.45, 2.75) is 51.1 Å². The number of halogens is 2. The zero-order chi connectivity index (χ0) is 42.5. The van der Waals surface area contributed by atoms with E-state index in [1.54, 1.807) is 6.07 Å². The summed E-state index contributed by atoms with van der Waals surface area (Å²) in [5.41, 5.74) is 3.68. The van der Waals surface area contributed by atoms with Crippen molar-refractivity contribution < 1.29 is 52.1 Å². The van der Waals surface area contributed by atoms with Gasteiger partial charge >= 0.3 is 29.6 Å². The maximum atomic E-state index is 13.1. The Morgan fingerprint density at radius 1 is 0.850 bits per heavy atom. The third-order valence-electron chi connectivity index (χ3n) is 8.90. The molecule has 13 nitrogen and oxygen atoms in total. The van der Waals surface area contributed by atoms with Gasteiger partial charge in [0.1, 0.15) is 33.1 Å². The summed E-state index contributed by atoms with van der Waals surface area (Å²) in [7, 11) is -4.80. The van der Waals surface area contributed by atoms with E-state index in [-0.39, 0.29) is 73.8 Å². The van der Waals surface area contributed by atoms with Crippen LogP contribution in [0.25, 0.3) is 5.69 Å². The minimum absolute atomic E-state index is 0. The van der Waals surface area contributed by atoms with Gasteiger partial charge in [-0.2, -0.15) is 10.4 Å². The number of nitrogens with zero attached hydrogens (tertiary/aromatic N) is 6. The molecule has 0 radical (unpaired) electrons. The summed E-state index contributed by atoms with van der Waals surface area (Å²) in [5.74, 6) is -1.06. The molecule has 2 amide bonds. The molecule has 0 aliphatic rings. The smallest absolute Gasteiger partial charge is 0.744 e. The van der Waals surface area contributed by atoms with Crippen LogP contribution in [-0.2, 0) is 33.4 Å². The number of amides is 2. The van der Waals surface area contributed by atoms with Crippen LogP contribution in [0.1, 0.15) is 60.4 Å². The molecule has 2 N–H and O–H groups in total. The fourth-order valence-electron chi connectivity index (χ4n) is 6.17. The molecule has 60 heavy (non-hydrogen) atoms. The summed E-state index contributed by atoms with van der Waals surface area (Å²) >= 11 is 13.6. The maximum Gasteiger partial charge on any atom is 1.00 e. The summed E-state index contributed by atoms with van der Waals surface area (Å²) < 4.78 is 35.9. The molecule has 0 aliphatic carbocycles. The van der Waals surface area contributed by atoms with Crippen LogP contribution in [0.2, 0.25) is 10.0 Å². The Kier molecular flexibility index (Phi) is 14.7. The molecule has 0 fully saturated rings. The van der Waals surface area contributed by atoms with Crippen LogP contribution in [0.5, 0.6) is 0 Å². The van der Waals surface area contributed by atoms with Crippen molar-refractivity contribution in [3.63, 3.8) is 0 Å². The first-order chi connectivity index (χ1) is 28.0. The molecule has 17 heteroatoms. The van der Waals surface area contributed by atoms with Crippen molar-refractivity contribution in [2.75, 3.05) is 15.5 Å². The van der Waals surface area contributed by atoms with Gasteiger partial charge < -0.3 is 20.1 Å². The zero-order valence-corrected chi connectivity index (χ0v) is 37.6. The topological polar surface area (TPSA) is 185 Å². The molecular weight excluding hydrogens is 834 g/mol. The molecule has 6 rings (SSSR count). The van der Waals surface area contributed by atoms with Crippen molar-refractivity contribution in [3.05, 3.63) is 153 Å². The van der Waals surface area contributed by atoms with Crippen LogP contribution < -0.4 is 45.1 Å². The minimum atomic E-state index is -4.80. The number of nitriles is 1. The van der Waals surface area contributed by atoms with Crippen molar-refractivity contribution in [1.82, 2.24) is 9.78 Å². The third kappa shape index (κ3) is 11.1. The summed E-state index contributed by atoms with van der Waals surface area (Å²) in [6.07, 6.45) is 0. The maximum absolute atomic E-state index is 13.1. The van der Waals surface area contributed by atoms with Crippen LogP contribution in [0.15, 0.2) is 130 Å². The Bertz CT molecular complexity index is 2670. The molecule has 0 unspecified atom stereocenters. The van der Waals surface area contributed by atoms with Gasteiger partial charge in [0.15, 0.2) is 5.82 Å². The number of carbonyl (C=O) groups excluding carboxylic acids is 2. The Balaban J connectivity index is 0.00000683. The number of anilines is 3. The summed E-state index contributed by atoms with van der Waals surface area (Å²) in [6.45, 7) is 8.18. The van der Waals surface area contributed by atoms with Gasteiger partial charge in [-0.05, 0) is 59.7 Å². The van der Waals surface area contributed by atoms with E-state index in [4.69, 9.17) is 28.3 Å². The number of aromatic nitrogens is 2. The first-order valence-corrected chi connectivity index (χ1v) is 20.2. The Labute approximate surface area is 380 Å². The second-order valence-electron chi connectivity index (χ2n) is 14.5. The Morgan fingerprint density at radius 3 is 1.98 bits per heavy atom. The van der Waals surface area contributed by atoms with Gasteiger partial charge in [0.05, 0.1) is 26.3 Å². The van der Waals surface area contributed by atoms with Gasteiger partial charge in [-0.15, -0.1) is 10.2 Å². The molecule has 5 aromatic carbocycles. The number of azo groups is 1. The molecule has 0 aliphatic heterocycles. The van der Waals surface area contributed by atoms with Crippen molar-refractivity contribution in [3.8, 4) is 11.8 Å². The van der Waals surface area contributed by atoms with Crippen LogP contribution in [0, 0.1) is 11.3 Å². The average molecular weight is 872 g/mol. The predicted molar refractivity (Wildman–Crippen MR) is 227 cm³/mol. The third-order valence-corrected chi connectivity index (χ3v) is 10.3. The van der Waals surface area contributed by atoms with Crippen molar-refractivity contribution in [2.24, 2.45) is 10.2 Å². The van der Waals surface area contributed by atoms with Crippen LogP contribution in [-0.4, -0.2) is 34.6 Å². The molecule has 0 spiro atoms. The molecule has 0 atom stereocenters. The van der Waals surface area contributed by atoms with E-state index in [1.807, 2.05) is 93.6 Å². The second-order valence-corrected chi connectivity index (χ2v) is 16.6. The van der Waals surface area contributed by atoms with Gasteiger partial charge in [-0.1, -0.05) is 111 Å². The fraction of sp³-hybridized carbons (Fsp3) is 0.163. The van der Waals surface area contributed by atoms with Crippen LogP contribution >= 0.6 is 23.2 Å². The van der Waals surface area contributed by atoms with Gasteiger partial charge in [-0.25, -0.2) is 13.1 Å². The number of carbonyl (C=O) groups is 2. The zero-order valence-electron chi connectivity index (χ0n) is 33.3. The molecule has 0 saturated carbocycles. The van der Waals surface area contributed by atoms with E-state index in [9.17, 15) is 27.8 Å². The van der Waals surface area contributed by atoms with Gasteiger partial charge in [0.2, 0.25) is 5.91 Å². The van der Waals surface area contributed by atoms with E-state index in [0.29, 0.717) is 30.2 Å². The summed E-state index contributed by atoms with van der Waals surface area (Å²) in [4.78, 5) is 27.2. The Morgan fingerprint density at radius 2 is 1.45 bits per heavy atom. The fourth-order valence-corrected chi connectivity index (χ4v) is 7.33. The quantitative estimate of drug-likeness (QED) is 0.0742. The number of rotatable bonds is 12. The SMILES string of the molecule is CC(=O)Nc1cc(N(Cc2ccccc2)Cc2ccccc2)ccc1N=Nc1c(C#N)c(C(C)(C)C)nn1-c1c(Cl)cc(NC(=O)c2cccc(S(=O)(=O)[O-])c2)cc1Cl.[Na+]. The van der Waals surface area contributed by atoms with E-state index in [1.165, 1.54) is 35.9 Å². The molecule has 1 aromatic heterocycles. The summed E-state index contributed by atoms with van der Waals surface area (Å²) in [6, 6.07) is 35.1. The first kappa shape index (κ1) is 45.7. The largest absolute Gasteiger partial charge is 1.00 e.